The Balaban J connectivity index is 1.77. The zero-order chi connectivity index (χ0) is 28.5. The van der Waals surface area contributed by atoms with Crippen molar-refractivity contribution in [2.24, 2.45) is 22.2 Å². The number of nitrogens with zero attached hydrogens (tertiary/aromatic N) is 3. The topological polar surface area (TPSA) is 164 Å². The third-order valence-corrected chi connectivity index (χ3v) is 6.41. The van der Waals surface area contributed by atoms with Gasteiger partial charge in [-0.3, -0.25) is 14.6 Å². The lowest BCUT2D eigenvalue weighted by Crippen LogP contribution is -2.27. The van der Waals surface area contributed by atoms with Crippen molar-refractivity contribution < 1.29 is 14.3 Å². The molecule has 7 N–H and O–H groups in total. The van der Waals surface area contributed by atoms with Crippen molar-refractivity contribution in [2.45, 2.75) is 38.6 Å². The summed E-state index contributed by atoms with van der Waals surface area (Å²) in [4.78, 5) is 34.4. The summed E-state index contributed by atoms with van der Waals surface area (Å²) in [5.41, 5.74) is 19.3. The van der Waals surface area contributed by atoms with Gasteiger partial charge in [0.05, 0.1) is 11.0 Å². The first-order valence-corrected chi connectivity index (χ1v) is 13.4. The fourth-order valence-electron chi connectivity index (χ4n) is 4.45. The average molecular weight is 542 g/mol. The van der Waals surface area contributed by atoms with Gasteiger partial charge in [-0.1, -0.05) is 43.7 Å². The number of fused-ring (bicyclic) bond motifs is 1. The van der Waals surface area contributed by atoms with Crippen molar-refractivity contribution in [1.29, 1.82) is 0 Å². The van der Waals surface area contributed by atoms with Crippen LogP contribution in [0.2, 0.25) is 0 Å². The lowest BCUT2D eigenvalue weighted by atomic mass is 10.1. The van der Waals surface area contributed by atoms with Crippen LogP contribution in [0.1, 0.15) is 49.0 Å². The fourth-order valence-corrected chi connectivity index (χ4v) is 4.45. The van der Waals surface area contributed by atoms with Crippen LogP contribution in [0, 0.1) is 0 Å². The van der Waals surface area contributed by atoms with E-state index in [0.29, 0.717) is 59.9 Å². The van der Waals surface area contributed by atoms with Crippen LogP contribution >= 0.6 is 0 Å². The molecule has 0 saturated carbocycles. The van der Waals surface area contributed by atoms with E-state index < -0.39 is 11.9 Å². The molecule has 40 heavy (non-hydrogen) atoms. The van der Waals surface area contributed by atoms with E-state index >= 15 is 0 Å². The molecule has 2 amide bonds. The highest BCUT2D eigenvalue weighted by Crippen LogP contribution is 2.33. The van der Waals surface area contributed by atoms with Crippen molar-refractivity contribution in [3.05, 3.63) is 78.4 Å². The van der Waals surface area contributed by atoms with Crippen molar-refractivity contribution in [3.63, 3.8) is 0 Å². The summed E-state index contributed by atoms with van der Waals surface area (Å²) >= 11 is 0. The zero-order valence-corrected chi connectivity index (χ0v) is 22.5. The molecule has 1 unspecified atom stereocenters. The number of amides is 2. The van der Waals surface area contributed by atoms with Gasteiger partial charge in [0.1, 0.15) is 23.4 Å². The molecule has 4 aromatic rings. The number of para-hydroxylation sites is 1. The molecular formula is C30H35N7O3. The van der Waals surface area contributed by atoms with Crippen molar-refractivity contribution in [1.82, 2.24) is 14.9 Å². The molecule has 0 aliphatic rings. The Kier molecular flexibility index (Phi) is 9.35. The van der Waals surface area contributed by atoms with Gasteiger partial charge in [0.25, 0.3) is 5.91 Å². The summed E-state index contributed by atoms with van der Waals surface area (Å²) in [5.74, 6) is 1.15. The third kappa shape index (κ3) is 6.96. The molecule has 10 heteroatoms. The van der Waals surface area contributed by atoms with E-state index in [0.717, 1.165) is 18.4 Å². The Morgan fingerprint density at radius 1 is 0.975 bits per heavy atom. The SMILES string of the molecule is CCCCNC(=O)c1ccc2c(c1)nc(-c1cccc(Oc3ccccc3)c1)n2C(CCCN=C(N)N)C(N)=O. The van der Waals surface area contributed by atoms with Gasteiger partial charge in [-0.15, -0.1) is 0 Å². The number of hydrogen-bond acceptors (Lipinski definition) is 5. The lowest BCUT2D eigenvalue weighted by molar-refractivity contribution is -0.121. The largest absolute Gasteiger partial charge is 0.457 e. The highest BCUT2D eigenvalue weighted by Gasteiger charge is 2.25. The number of nitrogens with two attached hydrogens (primary N) is 3. The van der Waals surface area contributed by atoms with Crippen LogP contribution in [0.25, 0.3) is 22.4 Å². The Labute approximate surface area is 233 Å². The number of unbranched alkanes of at least 4 members (excludes halogenated alkanes) is 1. The second-order valence-electron chi connectivity index (χ2n) is 9.43. The van der Waals surface area contributed by atoms with Crippen molar-refractivity contribution in [3.8, 4) is 22.9 Å². The van der Waals surface area contributed by atoms with E-state index in [1.807, 2.05) is 59.2 Å². The van der Waals surface area contributed by atoms with Gasteiger partial charge < -0.3 is 31.8 Å². The number of imidazole rings is 1. The monoisotopic (exact) mass is 541 g/mol. The van der Waals surface area contributed by atoms with E-state index in [9.17, 15) is 9.59 Å². The lowest BCUT2D eigenvalue weighted by Gasteiger charge is -2.19. The first-order valence-electron chi connectivity index (χ1n) is 13.4. The van der Waals surface area contributed by atoms with Crippen molar-refractivity contribution in [2.75, 3.05) is 13.1 Å². The molecule has 0 bridgehead atoms. The summed E-state index contributed by atoms with van der Waals surface area (Å²) in [6, 6.07) is 21.5. The molecule has 0 spiro atoms. The van der Waals surface area contributed by atoms with Crippen LogP contribution in [-0.4, -0.2) is 40.4 Å². The van der Waals surface area contributed by atoms with E-state index in [-0.39, 0.29) is 11.9 Å². The first-order chi connectivity index (χ1) is 19.4. The summed E-state index contributed by atoms with van der Waals surface area (Å²) < 4.78 is 7.87. The number of primary amides is 1. The number of carbonyl (C=O) groups is 2. The molecule has 3 aromatic carbocycles. The van der Waals surface area contributed by atoms with Crippen LogP contribution in [0.15, 0.2) is 77.8 Å². The van der Waals surface area contributed by atoms with Crippen LogP contribution in [0.4, 0.5) is 0 Å². The Hall–Kier alpha value is -4.86. The minimum atomic E-state index is -0.725. The summed E-state index contributed by atoms with van der Waals surface area (Å²) in [6.45, 7) is 3.02. The van der Waals surface area contributed by atoms with E-state index in [1.165, 1.54) is 0 Å². The number of nitrogens with one attached hydrogen (secondary N) is 1. The number of hydrogen-bond donors (Lipinski definition) is 4. The Bertz CT molecular complexity index is 1490. The maximum absolute atomic E-state index is 12.8. The number of ether oxygens (including phenoxy) is 1. The molecule has 0 aliphatic heterocycles. The zero-order valence-electron chi connectivity index (χ0n) is 22.5. The van der Waals surface area contributed by atoms with Crippen LogP contribution in [0.3, 0.4) is 0 Å². The molecule has 1 heterocycles. The van der Waals surface area contributed by atoms with Gasteiger partial charge in [0.2, 0.25) is 5.91 Å². The number of aliphatic imine (C=N–C) groups is 1. The Morgan fingerprint density at radius 3 is 2.48 bits per heavy atom. The van der Waals surface area contributed by atoms with Gasteiger partial charge in [-0.25, -0.2) is 4.98 Å². The van der Waals surface area contributed by atoms with Crippen LogP contribution in [0.5, 0.6) is 11.5 Å². The second-order valence-corrected chi connectivity index (χ2v) is 9.43. The van der Waals surface area contributed by atoms with Gasteiger partial charge in [0, 0.05) is 24.2 Å². The van der Waals surface area contributed by atoms with Gasteiger partial charge in [-0.2, -0.15) is 0 Å². The molecule has 0 saturated heterocycles. The average Bonchev–Trinajstić information content (AvgIpc) is 3.32. The summed E-state index contributed by atoms with van der Waals surface area (Å²) in [6.07, 6.45) is 2.80. The van der Waals surface area contributed by atoms with E-state index in [4.69, 9.17) is 26.9 Å². The molecule has 1 atom stereocenters. The minimum Gasteiger partial charge on any atom is -0.457 e. The summed E-state index contributed by atoms with van der Waals surface area (Å²) in [5, 5.41) is 2.94. The third-order valence-electron chi connectivity index (χ3n) is 6.41. The number of guanidine groups is 1. The van der Waals surface area contributed by atoms with Crippen LogP contribution in [-0.2, 0) is 4.79 Å². The Morgan fingerprint density at radius 2 is 1.75 bits per heavy atom. The maximum atomic E-state index is 12.8. The summed E-state index contributed by atoms with van der Waals surface area (Å²) in [7, 11) is 0. The predicted octanol–water partition coefficient (Wildman–Crippen LogP) is 4.11. The van der Waals surface area contributed by atoms with Crippen LogP contribution < -0.4 is 27.3 Å². The highest BCUT2D eigenvalue weighted by molar-refractivity contribution is 5.98. The predicted molar refractivity (Wildman–Crippen MR) is 157 cm³/mol. The number of benzene rings is 3. The standard InChI is InChI=1S/C30H35N7O3/c1-2-3-16-34-29(39)21-14-15-25-24(19-21)36-28(37(25)26(27(31)38)13-8-17-35-30(32)33)20-9-7-12-23(18-20)40-22-10-5-4-6-11-22/h4-7,9-12,14-15,18-19,26H,2-3,8,13,16-17H2,1H3,(H2,31,38)(H,34,39)(H4,32,33,35). The molecule has 0 radical (unpaired) electrons. The minimum absolute atomic E-state index is 0.00984. The van der Waals surface area contributed by atoms with Gasteiger partial charge in [-0.05, 0) is 61.7 Å². The first kappa shape index (κ1) is 28.2. The fraction of sp³-hybridized carbons (Fsp3) is 0.267. The van der Waals surface area contributed by atoms with Gasteiger partial charge >= 0.3 is 0 Å². The maximum Gasteiger partial charge on any atom is 0.251 e. The normalized spacial score (nSPS) is 11.6. The second kappa shape index (κ2) is 13.3. The molecular weight excluding hydrogens is 506 g/mol. The molecule has 4 rings (SSSR count). The molecule has 1 aromatic heterocycles. The van der Waals surface area contributed by atoms with Gasteiger partial charge in [0.15, 0.2) is 5.96 Å². The number of aromatic nitrogens is 2. The van der Waals surface area contributed by atoms with E-state index in [1.54, 1.807) is 18.2 Å². The molecule has 10 nitrogen and oxygen atoms in total. The molecule has 0 fully saturated rings. The smallest absolute Gasteiger partial charge is 0.251 e. The number of carbonyl (C=O) groups excluding carboxylic acids is 2. The quantitative estimate of drug-likeness (QED) is 0.113. The number of rotatable bonds is 13. The molecule has 208 valence electrons. The van der Waals surface area contributed by atoms with Crippen molar-refractivity contribution >= 4 is 28.8 Å². The molecule has 0 aliphatic carbocycles. The highest BCUT2D eigenvalue weighted by atomic mass is 16.5. The van der Waals surface area contributed by atoms with E-state index in [2.05, 4.69) is 17.2 Å².